The molecule has 1 amide bonds. The van der Waals surface area contributed by atoms with Crippen molar-refractivity contribution in [3.8, 4) is 11.3 Å². The van der Waals surface area contributed by atoms with E-state index in [4.69, 9.17) is 39.8 Å². The lowest BCUT2D eigenvalue weighted by molar-refractivity contribution is -0.387. The third-order valence-corrected chi connectivity index (χ3v) is 4.90. The van der Waals surface area contributed by atoms with E-state index in [1.165, 1.54) is 18.2 Å². The van der Waals surface area contributed by atoms with E-state index in [0.29, 0.717) is 27.1 Å². The maximum absolute atomic E-state index is 13.4. The fourth-order valence-electron chi connectivity index (χ4n) is 2.49. The Bertz CT molecular complexity index is 1210. The number of furan rings is 1. The van der Waals surface area contributed by atoms with E-state index in [9.17, 15) is 19.3 Å². The summed E-state index contributed by atoms with van der Waals surface area (Å²) in [6, 6.07) is 11.6. The number of nitrogens with zero attached hydrogens (tertiary/aromatic N) is 1. The number of hydrogen-bond acceptors (Lipinski definition) is 5. The molecule has 0 saturated heterocycles. The van der Waals surface area contributed by atoms with E-state index < -0.39 is 22.3 Å². The Balaban J connectivity index is 1.61. The van der Waals surface area contributed by atoms with Gasteiger partial charge in [-0.2, -0.15) is 4.39 Å². The van der Waals surface area contributed by atoms with Crippen LogP contribution < -0.4 is 10.6 Å². The van der Waals surface area contributed by atoms with Crippen LogP contribution in [0.5, 0.6) is 0 Å². The summed E-state index contributed by atoms with van der Waals surface area (Å²) in [5.41, 5.74) is 0.0425. The van der Waals surface area contributed by atoms with Gasteiger partial charge in [-0.15, -0.1) is 0 Å². The maximum Gasteiger partial charge on any atom is 0.306 e. The van der Waals surface area contributed by atoms with Crippen LogP contribution in [0.1, 0.15) is 5.76 Å². The first kappa shape index (κ1) is 22.4. The van der Waals surface area contributed by atoms with Gasteiger partial charge in [0, 0.05) is 23.4 Å². The number of carbonyl (C=O) groups is 1. The zero-order valence-corrected chi connectivity index (χ0v) is 17.7. The largest absolute Gasteiger partial charge is 0.457 e. The summed E-state index contributed by atoms with van der Waals surface area (Å²) in [7, 11) is 0. The van der Waals surface area contributed by atoms with Gasteiger partial charge in [0.25, 0.3) is 0 Å². The predicted octanol–water partition coefficient (Wildman–Crippen LogP) is 5.83. The topological polar surface area (TPSA) is 97.4 Å². The van der Waals surface area contributed by atoms with E-state index in [0.717, 1.165) is 12.1 Å². The molecule has 0 bridgehead atoms. The van der Waals surface area contributed by atoms with Crippen molar-refractivity contribution in [1.29, 1.82) is 0 Å². The number of nitro groups is 1. The first-order chi connectivity index (χ1) is 14.7. The van der Waals surface area contributed by atoms with E-state index >= 15 is 0 Å². The minimum Gasteiger partial charge on any atom is -0.457 e. The van der Waals surface area contributed by atoms with Crippen molar-refractivity contribution in [3.63, 3.8) is 0 Å². The molecule has 0 spiro atoms. The summed E-state index contributed by atoms with van der Waals surface area (Å²) in [6.45, 7) is 0. The van der Waals surface area contributed by atoms with Crippen LogP contribution in [0.25, 0.3) is 17.4 Å². The number of nitrogens with one attached hydrogen (secondary N) is 2. The Kier molecular flexibility index (Phi) is 7.01. The summed E-state index contributed by atoms with van der Waals surface area (Å²) in [6.07, 6.45) is 2.60. The highest BCUT2D eigenvalue weighted by atomic mass is 35.5. The predicted molar refractivity (Wildman–Crippen MR) is 121 cm³/mol. The Morgan fingerprint density at radius 1 is 1.19 bits per heavy atom. The molecule has 3 rings (SSSR count). The molecule has 0 aliphatic carbocycles. The van der Waals surface area contributed by atoms with Gasteiger partial charge >= 0.3 is 5.69 Å². The van der Waals surface area contributed by atoms with Crippen LogP contribution in [0.3, 0.4) is 0 Å². The van der Waals surface area contributed by atoms with E-state index in [-0.39, 0.29) is 10.8 Å². The molecule has 158 valence electrons. The molecule has 1 aromatic heterocycles. The van der Waals surface area contributed by atoms with Gasteiger partial charge < -0.3 is 9.73 Å². The molecule has 0 aliphatic rings. The number of hydrogen-bond donors (Lipinski definition) is 2. The Labute approximate surface area is 190 Å². The molecule has 0 atom stereocenters. The number of benzene rings is 2. The lowest BCUT2D eigenvalue weighted by Gasteiger charge is -2.08. The number of nitro benzene ring substituents is 1. The smallest absolute Gasteiger partial charge is 0.306 e. The number of amides is 1. The van der Waals surface area contributed by atoms with Crippen molar-refractivity contribution in [2.75, 3.05) is 5.32 Å². The molecule has 3 aromatic rings. The van der Waals surface area contributed by atoms with E-state index in [1.54, 1.807) is 30.3 Å². The third kappa shape index (κ3) is 5.66. The molecule has 2 N–H and O–H groups in total. The molecule has 11 heteroatoms. The Hall–Kier alpha value is -3.27. The highest BCUT2D eigenvalue weighted by molar-refractivity contribution is 7.80. The molecular formula is C20H12Cl2FN3O4S. The van der Waals surface area contributed by atoms with Crippen molar-refractivity contribution < 1.29 is 18.5 Å². The molecule has 31 heavy (non-hydrogen) atoms. The fourth-order valence-corrected chi connectivity index (χ4v) is 3.10. The van der Waals surface area contributed by atoms with Gasteiger partial charge in [0.1, 0.15) is 11.5 Å². The van der Waals surface area contributed by atoms with Crippen LogP contribution in [0.15, 0.2) is 59.0 Å². The number of carbonyl (C=O) groups excluding carboxylic acids is 1. The van der Waals surface area contributed by atoms with Gasteiger partial charge in [0.15, 0.2) is 5.11 Å². The van der Waals surface area contributed by atoms with Crippen molar-refractivity contribution >= 4 is 63.9 Å². The molecular weight excluding hydrogens is 468 g/mol. The highest BCUT2D eigenvalue weighted by Crippen LogP contribution is 2.34. The summed E-state index contributed by atoms with van der Waals surface area (Å²) in [5.74, 6) is -0.699. The second kappa shape index (κ2) is 9.69. The SMILES string of the molecule is O=C(C=Cc1ccc(-c2cccc(Cl)c2Cl)o1)NC(=S)Nc1ccc(F)c([N+](=O)[O-])c1. The average molecular weight is 480 g/mol. The quantitative estimate of drug-likeness (QED) is 0.207. The molecule has 0 radical (unpaired) electrons. The first-order valence-electron chi connectivity index (χ1n) is 8.53. The standard InChI is InChI=1S/C20H12Cl2FN3O4S/c21-14-3-1-2-13(19(14)22)17-8-5-12(30-17)6-9-18(27)25-20(31)24-11-4-7-15(23)16(10-11)26(28)29/h1-10H,(H2,24,25,27,31). The normalized spacial score (nSPS) is 10.8. The zero-order valence-electron chi connectivity index (χ0n) is 15.4. The molecule has 0 unspecified atom stereocenters. The van der Waals surface area contributed by atoms with Crippen LogP contribution in [0, 0.1) is 15.9 Å². The fraction of sp³-hybridized carbons (Fsp3) is 0. The van der Waals surface area contributed by atoms with E-state index in [1.807, 2.05) is 0 Å². The van der Waals surface area contributed by atoms with Gasteiger partial charge in [0.2, 0.25) is 11.7 Å². The summed E-state index contributed by atoms with van der Waals surface area (Å²) in [4.78, 5) is 22.0. The molecule has 0 saturated carbocycles. The van der Waals surface area contributed by atoms with Gasteiger partial charge in [0.05, 0.1) is 15.0 Å². The van der Waals surface area contributed by atoms with Crippen LogP contribution in [0.4, 0.5) is 15.8 Å². The average Bonchev–Trinajstić information content (AvgIpc) is 3.18. The van der Waals surface area contributed by atoms with Gasteiger partial charge in [-0.25, -0.2) is 0 Å². The second-order valence-electron chi connectivity index (χ2n) is 6.00. The maximum atomic E-state index is 13.4. The summed E-state index contributed by atoms with van der Waals surface area (Å²) >= 11 is 17.2. The van der Waals surface area contributed by atoms with Gasteiger partial charge in [-0.3, -0.25) is 20.2 Å². The van der Waals surface area contributed by atoms with Gasteiger partial charge in [-0.05, 0) is 54.7 Å². The Morgan fingerprint density at radius 3 is 2.71 bits per heavy atom. The number of halogens is 3. The lowest BCUT2D eigenvalue weighted by atomic mass is 10.2. The minimum absolute atomic E-state index is 0.124. The molecule has 2 aromatic carbocycles. The molecule has 7 nitrogen and oxygen atoms in total. The number of anilines is 1. The van der Waals surface area contributed by atoms with E-state index in [2.05, 4.69) is 10.6 Å². The second-order valence-corrected chi connectivity index (χ2v) is 7.20. The van der Waals surface area contributed by atoms with Crippen LogP contribution in [0.2, 0.25) is 10.0 Å². The van der Waals surface area contributed by atoms with Crippen LogP contribution in [-0.4, -0.2) is 15.9 Å². The molecule has 1 heterocycles. The first-order valence-corrected chi connectivity index (χ1v) is 9.69. The third-order valence-electron chi connectivity index (χ3n) is 3.88. The van der Waals surface area contributed by atoms with Crippen molar-refractivity contribution in [1.82, 2.24) is 5.32 Å². The van der Waals surface area contributed by atoms with Crippen molar-refractivity contribution in [3.05, 3.63) is 86.3 Å². The summed E-state index contributed by atoms with van der Waals surface area (Å²) < 4.78 is 19.0. The molecule has 0 fully saturated rings. The van der Waals surface area contributed by atoms with Gasteiger partial charge in [-0.1, -0.05) is 29.3 Å². The monoisotopic (exact) mass is 479 g/mol. The molecule has 0 aliphatic heterocycles. The van der Waals surface area contributed by atoms with Crippen LogP contribution in [-0.2, 0) is 4.79 Å². The Morgan fingerprint density at radius 2 is 1.97 bits per heavy atom. The zero-order chi connectivity index (χ0) is 22.5. The minimum atomic E-state index is -0.981. The summed E-state index contributed by atoms with van der Waals surface area (Å²) in [5, 5.41) is 16.3. The van der Waals surface area contributed by atoms with Crippen LogP contribution >= 0.6 is 35.4 Å². The van der Waals surface area contributed by atoms with Crippen molar-refractivity contribution in [2.45, 2.75) is 0 Å². The number of rotatable bonds is 5. The van der Waals surface area contributed by atoms with Crippen molar-refractivity contribution in [2.24, 2.45) is 0 Å². The lowest BCUT2D eigenvalue weighted by Crippen LogP contribution is -2.32. The highest BCUT2D eigenvalue weighted by Gasteiger charge is 2.15. The number of thiocarbonyl (C=S) groups is 1.